The molecule has 0 unspecified atom stereocenters. The predicted molar refractivity (Wildman–Crippen MR) is 70.2 cm³/mol. The topological polar surface area (TPSA) is 52.7 Å². The van der Waals surface area contributed by atoms with Crippen LogP contribution in [0.25, 0.3) is 0 Å². The summed E-state index contributed by atoms with van der Waals surface area (Å²) in [6, 6.07) is 7.94. The number of nitrogens with zero attached hydrogens (tertiary/aromatic N) is 2. The fourth-order valence-electron chi connectivity index (χ4n) is 2.10. The van der Waals surface area contributed by atoms with Crippen LogP contribution in [0.5, 0.6) is 0 Å². The third kappa shape index (κ3) is 2.97. The highest BCUT2D eigenvalue weighted by Crippen LogP contribution is 2.19. The van der Waals surface area contributed by atoms with Gasteiger partial charge in [-0.25, -0.2) is 0 Å². The lowest BCUT2D eigenvalue weighted by molar-refractivity contribution is 0.268. The van der Waals surface area contributed by atoms with Crippen molar-refractivity contribution in [3.8, 4) is 0 Å². The minimum absolute atomic E-state index is 0.00610. The number of aliphatic hydroxyl groups is 1. The van der Waals surface area contributed by atoms with Crippen LogP contribution < -0.4 is 10.6 Å². The molecule has 1 atom stereocenters. The van der Waals surface area contributed by atoms with E-state index in [0.29, 0.717) is 0 Å². The van der Waals surface area contributed by atoms with Gasteiger partial charge in [-0.3, -0.25) is 0 Å². The van der Waals surface area contributed by atoms with Crippen LogP contribution in [0.1, 0.15) is 11.6 Å². The number of hydrogen-bond donors (Lipinski definition) is 2. The van der Waals surface area contributed by atoms with E-state index in [0.717, 1.165) is 31.7 Å². The van der Waals surface area contributed by atoms with E-state index in [1.165, 1.54) is 5.69 Å². The van der Waals surface area contributed by atoms with Gasteiger partial charge < -0.3 is 20.6 Å². The third-order valence-corrected chi connectivity index (χ3v) is 3.39. The van der Waals surface area contributed by atoms with Crippen LogP contribution in [0.3, 0.4) is 0 Å². The van der Waals surface area contributed by atoms with Crippen LogP contribution in [-0.4, -0.2) is 49.8 Å². The lowest BCUT2D eigenvalue weighted by Crippen LogP contribution is -2.44. The Morgan fingerprint density at radius 2 is 1.76 bits per heavy atom. The van der Waals surface area contributed by atoms with Crippen molar-refractivity contribution >= 4 is 5.69 Å². The Labute approximate surface area is 103 Å². The van der Waals surface area contributed by atoms with Gasteiger partial charge in [-0.05, 0) is 24.7 Å². The quantitative estimate of drug-likeness (QED) is 0.798. The van der Waals surface area contributed by atoms with E-state index >= 15 is 0 Å². The lowest BCUT2D eigenvalue weighted by atomic mass is 10.1. The summed E-state index contributed by atoms with van der Waals surface area (Å²) in [5, 5.41) is 8.99. The maximum atomic E-state index is 8.99. The van der Waals surface area contributed by atoms with Crippen molar-refractivity contribution in [1.82, 2.24) is 4.90 Å². The van der Waals surface area contributed by atoms with Crippen LogP contribution in [0.15, 0.2) is 24.3 Å². The first kappa shape index (κ1) is 12.4. The summed E-state index contributed by atoms with van der Waals surface area (Å²) >= 11 is 0. The van der Waals surface area contributed by atoms with Gasteiger partial charge in [0.2, 0.25) is 0 Å². The van der Waals surface area contributed by atoms with E-state index in [1.54, 1.807) is 0 Å². The summed E-state index contributed by atoms with van der Waals surface area (Å²) in [6.45, 7) is 4.35. The first-order chi connectivity index (χ1) is 8.20. The number of benzene rings is 1. The average molecular weight is 235 g/mol. The molecule has 3 N–H and O–H groups in total. The molecule has 1 aromatic rings. The maximum Gasteiger partial charge on any atom is 0.0624 e. The highest BCUT2D eigenvalue weighted by Gasteiger charge is 2.14. The Bertz CT molecular complexity index is 344. The maximum absolute atomic E-state index is 8.99. The van der Waals surface area contributed by atoms with Crippen molar-refractivity contribution in [2.75, 3.05) is 44.7 Å². The highest BCUT2D eigenvalue weighted by molar-refractivity contribution is 5.48. The summed E-state index contributed by atoms with van der Waals surface area (Å²) in [5.41, 5.74) is 8.00. The smallest absolute Gasteiger partial charge is 0.0624 e. The van der Waals surface area contributed by atoms with Gasteiger partial charge in [0.05, 0.1) is 12.6 Å². The average Bonchev–Trinajstić information content (AvgIpc) is 2.39. The van der Waals surface area contributed by atoms with Crippen molar-refractivity contribution in [3.05, 3.63) is 29.8 Å². The van der Waals surface area contributed by atoms with Crippen molar-refractivity contribution in [3.63, 3.8) is 0 Å². The van der Waals surface area contributed by atoms with Crippen LogP contribution in [-0.2, 0) is 0 Å². The van der Waals surface area contributed by atoms with E-state index in [-0.39, 0.29) is 12.6 Å². The minimum atomic E-state index is -0.267. The fourth-order valence-corrected chi connectivity index (χ4v) is 2.10. The molecule has 4 nitrogen and oxygen atoms in total. The van der Waals surface area contributed by atoms with Crippen molar-refractivity contribution in [2.45, 2.75) is 6.04 Å². The van der Waals surface area contributed by atoms with Gasteiger partial charge in [0.15, 0.2) is 0 Å². The lowest BCUT2D eigenvalue weighted by Gasteiger charge is -2.34. The zero-order valence-electron chi connectivity index (χ0n) is 10.3. The second-order valence-corrected chi connectivity index (χ2v) is 4.67. The van der Waals surface area contributed by atoms with Crippen LogP contribution in [0, 0.1) is 0 Å². The van der Waals surface area contributed by atoms with Crippen molar-refractivity contribution in [2.24, 2.45) is 5.73 Å². The molecule has 1 aliphatic heterocycles. The second-order valence-electron chi connectivity index (χ2n) is 4.67. The SMILES string of the molecule is CN1CCN(c2ccc([C@@H](N)CO)cc2)CC1. The molecule has 0 bridgehead atoms. The Balaban J connectivity index is 2.02. The molecule has 0 spiro atoms. The molecule has 17 heavy (non-hydrogen) atoms. The summed E-state index contributed by atoms with van der Waals surface area (Å²) in [6.07, 6.45) is 0. The van der Waals surface area contributed by atoms with Gasteiger partial charge >= 0.3 is 0 Å². The second kappa shape index (κ2) is 5.49. The molecule has 1 aliphatic rings. The number of aliphatic hydroxyl groups excluding tert-OH is 1. The predicted octanol–water partition coefficient (Wildman–Crippen LogP) is 0.431. The summed E-state index contributed by atoms with van der Waals surface area (Å²) in [7, 11) is 2.15. The molecule has 0 aromatic heterocycles. The number of hydrogen-bond acceptors (Lipinski definition) is 4. The standard InChI is InChI=1S/C13H21N3O/c1-15-6-8-16(9-7-15)12-4-2-11(3-5-12)13(14)10-17/h2-5,13,17H,6-10,14H2,1H3/t13-/m0/s1. The van der Waals surface area contributed by atoms with E-state index in [9.17, 15) is 0 Å². The van der Waals surface area contributed by atoms with Gasteiger partial charge in [-0.2, -0.15) is 0 Å². The molecule has 1 heterocycles. The molecule has 1 aromatic carbocycles. The van der Waals surface area contributed by atoms with Crippen molar-refractivity contribution < 1.29 is 5.11 Å². The summed E-state index contributed by atoms with van der Waals surface area (Å²) < 4.78 is 0. The summed E-state index contributed by atoms with van der Waals surface area (Å²) in [5.74, 6) is 0. The van der Waals surface area contributed by atoms with E-state index in [2.05, 4.69) is 29.0 Å². The molecule has 1 fully saturated rings. The molecule has 94 valence electrons. The summed E-state index contributed by atoms with van der Waals surface area (Å²) in [4.78, 5) is 4.72. The first-order valence-electron chi connectivity index (χ1n) is 6.10. The third-order valence-electron chi connectivity index (χ3n) is 3.39. The monoisotopic (exact) mass is 235 g/mol. The molecule has 2 rings (SSSR count). The zero-order valence-corrected chi connectivity index (χ0v) is 10.3. The Kier molecular flexibility index (Phi) is 3.99. The molecule has 0 aliphatic carbocycles. The number of anilines is 1. The number of piperazine rings is 1. The Morgan fingerprint density at radius 3 is 2.29 bits per heavy atom. The molecule has 4 heteroatoms. The van der Waals surface area contributed by atoms with E-state index in [4.69, 9.17) is 10.8 Å². The molecule has 0 radical (unpaired) electrons. The van der Waals surface area contributed by atoms with Gasteiger partial charge in [0.25, 0.3) is 0 Å². The van der Waals surface area contributed by atoms with Gasteiger partial charge in [0.1, 0.15) is 0 Å². The van der Waals surface area contributed by atoms with E-state index in [1.807, 2.05) is 12.1 Å². The fraction of sp³-hybridized carbons (Fsp3) is 0.538. The van der Waals surface area contributed by atoms with Gasteiger partial charge in [-0.15, -0.1) is 0 Å². The largest absolute Gasteiger partial charge is 0.394 e. The Hall–Kier alpha value is -1.10. The molecule has 0 amide bonds. The van der Waals surface area contributed by atoms with Gasteiger partial charge in [0, 0.05) is 31.9 Å². The Morgan fingerprint density at radius 1 is 1.18 bits per heavy atom. The first-order valence-corrected chi connectivity index (χ1v) is 6.10. The number of likely N-dealkylation sites (N-methyl/N-ethyl adjacent to an activating group) is 1. The number of rotatable bonds is 3. The van der Waals surface area contributed by atoms with Gasteiger partial charge in [-0.1, -0.05) is 12.1 Å². The van der Waals surface area contributed by atoms with Crippen LogP contribution in [0.4, 0.5) is 5.69 Å². The zero-order chi connectivity index (χ0) is 12.3. The van der Waals surface area contributed by atoms with Crippen LogP contribution >= 0.6 is 0 Å². The highest BCUT2D eigenvalue weighted by atomic mass is 16.3. The number of nitrogens with two attached hydrogens (primary N) is 1. The normalized spacial score (nSPS) is 19.4. The van der Waals surface area contributed by atoms with Crippen LogP contribution in [0.2, 0.25) is 0 Å². The van der Waals surface area contributed by atoms with E-state index < -0.39 is 0 Å². The van der Waals surface area contributed by atoms with Crippen molar-refractivity contribution in [1.29, 1.82) is 0 Å². The molecule has 1 saturated heterocycles. The molecular weight excluding hydrogens is 214 g/mol. The molecule has 0 saturated carbocycles. The molecular formula is C13H21N3O. The minimum Gasteiger partial charge on any atom is -0.394 e.